The molecule has 0 aliphatic rings. The predicted octanol–water partition coefficient (Wildman–Crippen LogP) is -0.0459. The van der Waals surface area contributed by atoms with Crippen molar-refractivity contribution in [1.29, 1.82) is 0 Å². The molecule has 4 nitrogen and oxygen atoms in total. The summed E-state index contributed by atoms with van der Waals surface area (Å²) in [7, 11) is -4.75. The van der Waals surface area contributed by atoms with Crippen LogP contribution >= 0.6 is 0 Å². The quantitative estimate of drug-likeness (QED) is 0.296. The molecule has 0 saturated heterocycles. The molecule has 1 N–H and O–H groups in total. The average Bonchev–Trinajstić information content (AvgIpc) is 1.95. The Hall–Kier alpha value is -0.463. The second kappa shape index (κ2) is 5.31. The van der Waals surface area contributed by atoms with Crippen LogP contribution in [0.25, 0.3) is 0 Å². The monoisotopic (exact) mass is 222 g/mol. The van der Waals surface area contributed by atoms with E-state index in [1.165, 1.54) is 0 Å². The Morgan fingerprint density at radius 3 is 2.46 bits per heavy atom. The zero-order chi connectivity index (χ0) is 10.5. The SMILES string of the molecule is C=C(C)C(=O)[SiH2]CCCS(=O)(=O)O. The number of allylic oxidation sites excluding steroid dienone is 1. The largest absolute Gasteiger partial charge is 0.301 e. The highest BCUT2D eigenvalue weighted by molar-refractivity contribution is 7.85. The fourth-order valence-corrected chi connectivity index (χ4v) is 2.96. The van der Waals surface area contributed by atoms with E-state index in [2.05, 4.69) is 6.58 Å². The second-order valence-electron chi connectivity index (χ2n) is 2.95. The minimum absolute atomic E-state index is 0.0790. The van der Waals surface area contributed by atoms with Gasteiger partial charge < -0.3 is 4.79 Å². The Morgan fingerprint density at radius 1 is 1.54 bits per heavy atom. The highest BCUT2D eigenvalue weighted by Gasteiger charge is 2.06. The third-order valence-corrected chi connectivity index (χ3v) is 4.25. The van der Waals surface area contributed by atoms with Crippen LogP contribution in [-0.4, -0.2) is 33.6 Å². The van der Waals surface area contributed by atoms with Crippen LogP contribution in [-0.2, 0) is 14.9 Å². The Balaban J connectivity index is 3.59. The number of rotatable bonds is 6. The molecule has 0 aromatic rings. The molecule has 0 fully saturated rings. The van der Waals surface area contributed by atoms with Crippen LogP contribution in [0.4, 0.5) is 0 Å². The van der Waals surface area contributed by atoms with Crippen LogP contribution in [0.2, 0.25) is 6.04 Å². The van der Waals surface area contributed by atoms with Gasteiger partial charge in [-0.1, -0.05) is 12.6 Å². The van der Waals surface area contributed by atoms with E-state index in [9.17, 15) is 13.2 Å². The van der Waals surface area contributed by atoms with E-state index in [0.717, 1.165) is 0 Å². The van der Waals surface area contributed by atoms with E-state index in [0.29, 0.717) is 18.0 Å². The van der Waals surface area contributed by atoms with Crippen LogP contribution in [0, 0.1) is 0 Å². The molecular formula is C7H14O4SSi. The van der Waals surface area contributed by atoms with E-state index < -0.39 is 19.6 Å². The zero-order valence-corrected chi connectivity index (χ0v) is 9.85. The maximum atomic E-state index is 11.0. The van der Waals surface area contributed by atoms with Gasteiger partial charge in [-0.15, -0.1) is 0 Å². The van der Waals surface area contributed by atoms with Crippen molar-refractivity contribution < 1.29 is 17.8 Å². The summed E-state index contributed by atoms with van der Waals surface area (Å²) in [6, 6.07) is 0.603. The molecule has 0 aliphatic carbocycles. The lowest BCUT2D eigenvalue weighted by atomic mass is 10.4. The molecule has 6 heteroatoms. The summed E-state index contributed by atoms with van der Waals surface area (Å²) in [6.45, 7) is 5.15. The Bertz CT molecular complexity index is 294. The molecule has 0 aromatic carbocycles. The van der Waals surface area contributed by atoms with Gasteiger partial charge in [0, 0.05) is 0 Å². The van der Waals surface area contributed by atoms with Crippen LogP contribution in [0.15, 0.2) is 12.2 Å². The van der Waals surface area contributed by atoms with Gasteiger partial charge in [0.25, 0.3) is 10.1 Å². The first-order valence-electron chi connectivity index (χ1n) is 3.97. The van der Waals surface area contributed by atoms with Crippen molar-refractivity contribution in [2.24, 2.45) is 0 Å². The Morgan fingerprint density at radius 2 is 2.08 bits per heavy atom. The minimum Gasteiger partial charge on any atom is -0.301 e. The fourth-order valence-electron chi connectivity index (χ4n) is 0.783. The van der Waals surface area contributed by atoms with Crippen LogP contribution in [0.1, 0.15) is 13.3 Å². The smallest absolute Gasteiger partial charge is 0.264 e. The lowest BCUT2D eigenvalue weighted by molar-refractivity contribution is -0.108. The third-order valence-electron chi connectivity index (χ3n) is 1.53. The van der Waals surface area contributed by atoms with Gasteiger partial charge in [-0.05, 0) is 18.9 Å². The lowest BCUT2D eigenvalue weighted by Crippen LogP contribution is -2.11. The van der Waals surface area contributed by atoms with Gasteiger partial charge in [-0.2, -0.15) is 8.42 Å². The maximum Gasteiger partial charge on any atom is 0.264 e. The zero-order valence-electron chi connectivity index (χ0n) is 7.62. The molecule has 0 rings (SSSR count). The topological polar surface area (TPSA) is 71.4 Å². The van der Waals surface area contributed by atoms with Gasteiger partial charge in [-0.3, -0.25) is 4.55 Å². The van der Waals surface area contributed by atoms with Gasteiger partial charge in [-0.25, -0.2) is 0 Å². The summed E-state index contributed by atoms with van der Waals surface area (Å²) in [5, 5.41) is 0.0790. The molecule has 13 heavy (non-hydrogen) atoms. The lowest BCUT2D eigenvalue weighted by Gasteiger charge is -1.97. The van der Waals surface area contributed by atoms with Gasteiger partial charge in [0.1, 0.15) is 14.9 Å². The first-order chi connectivity index (χ1) is 5.83. The molecule has 0 bridgehead atoms. The number of hydrogen-bond acceptors (Lipinski definition) is 3. The summed E-state index contributed by atoms with van der Waals surface area (Å²) in [6.07, 6.45) is 0.365. The second-order valence-corrected chi connectivity index (χ2v) is 6.37. The third kappa shape index (κ3) is 7.88. The first-order valence-corrected chi connectivity index (χ1v) is 7.28. The summed E-state index contributed by atoms with van der Waals surface area (Å²) >= 11 is 0. The predicted molar refractivity (Wildman–Crippen MR) is 54.2 cm³/mol. The minimum atomic E-state index is -3.85. The van der Waals surface area contributed by atoms with Gasteiger partial charge in [0.05, 0.1) is 5.75 Å². The molecule has 76 valence electrons. The van der Waals surface area contributed by atoms with E-state index in [4.69, 9.17) is 4.55 Å². The van der Waals surface area contributed by atoms with Crippen LogP contribution in [0.5, 0.6) is 0 Å². The molecule has 0 unspecified atom stereocenters. The molecule has 0 heterocycles. The molecule has 0 aromatic heterocycles. The summed E-state index contributed by atoms with van der Waals surface area (Å²) in [5.41, 5.74) is 0.540. The van der Waals surface area contributed by atoms with Gasteiger partial charge >= 0.3 is 0 Å². The number of carbonyl (C=O) groups excluding carboxylic acids is 1. The molecule has 0 aliphatic heterocycles. The van der Waals surface area contributed by atoms with Crippen molar-refractivity contribution in [3.05, 3.63) is 12.2 Å². The van der Waals surface area contributed by atoms with E-state index in [-0.39, 0.29) is 11.2 Å². The van der Waals surface area contributed by atoms with Crippen molar-refractivity contribution >= 4 is 25.0 Å². The van der Waals surface area contributed by atoms with E-state index >= 15 is 0 Å². The molecule has 0 atom stereocenters. The number of carbonyl (C=O) groups is 1. The van der Waals surface area contributed by atoms with Crippen molar-refractivity contribution in [3.63, 3.8) is 0 Å². The fraction of sp³-hybridized carbons (Fsp3) is 0.571. The normalized spacial score (nSPS) is 12.2. The summed E-state index contributed by atoms with van der Waals surface area (Å²) in [4.78, 5) is 11.0. The van der Waals surface area contributed by atoms with Crippen LogP contribution < -0.4 is 0 Å². The molecule has 0 amide bonds. The highest BCUT2D eigenvalue weighted by Crippen LogP contribution is 1.97. The van der Waals surface area contributed by atoms with Gasteiger partial charge in [0.15, 0.2) is 0 Å². The maximum absolute atomic E-state index is 11.0. The average molecular weight is 222 g/mol. The highest BCUT2D eigenvalue weighted by atomic mass is 32.2. The Labute approximate surface area is 80.6 Å². The molecular weight excluding hydrogens is 208 g/mol. The van der Waals surface area contributed by atoms with Gasteiger partial charge in [0.2, 0.25) is 0 Å². The van der Waals surface area contributed by atoms with Crippen molar-refractivity contribution in [2.75, 3.05) is 5.75 Å². The summed E-state index contributed by atoms with van der Waals surface area (Å²) in [5.74, 6) is -0.247. The summed E-state index contributed by atoms with van der Waals surface area (Å²) < 4.78 is 28.9. The first kappa shape index (κ1) is 12.5. The van der Waals surface area contributed by atoms with E-state index in [1.807, 2.05) is 0 Å². The Kier molecular flexibility index (Phi) is 5.12. The van der Waals surface area contributed by atoms with E-state index in [1.54, 1.807) is 6.92 Å². The molecule has 0 radical (unpaired) electrons. The standard InChI is InChI=1S/C7H14O4SSi/c1-6(2)7(8)13-5-3-4-12(9,10)11/h1,3-5,13H2,2H3,(H,9,10,11). The number of hydrogen-bond donors (Lipinski definition) is 1. The molecule has 0 saturated carbocycles. The van der Waals surface area contributed by atoms with Crippen molar-refractivity contribution in [2.45, 2.75) is 19.4 Å². The van der Waals surface area contributed by atoms with Crippen LogP contribution in [0.3, 0.4) is 0 Å². The molecule has 0 spiro atoms. The van der Waals surface area contributed by atoms with Crippen molar-refractivity contribution in [1.82, 2.24) is 0 Å². The van der Waals surface area contributed by atoms with Crippen molar-refractivity contribution in [3.8, 4) is 0 Å².